The van der Waals surface area contributed by atoms with Crippen LogP contribution in [0.4, 0.5) is 0 Å². The van der Waals surface area contributed by atoms with Crippen LogP contribution >= 0.6 is 0 Å². The Bertz CT molecular complexity index is 1090. The Kier molecular flexibility index (Phi) is 8.79. The Balaban J connectivity index is 0.00000363. The van der Waals surface area contributed by atoms with Gasteiger partial charge in [0.05, 0.1) is 0 Å². The van der Waals surface area contributed by atoms with Crippen molar-refractivity contribution in [3.8, 4) is 0 Å². The van der Waals surface area contributed by atoms with Crippen molar-refractivity contribution in [1.29, 1.82) is 0 Å². The predicted octanol–water partition coefficient (Wildman–Crippen LogP) is -0.564. The van der Waals surface area contributed by atoms with Crippen molar-refractivity contribution in [1.82, 2.24) is 10.3 Å². The molecule has 32 heavy (non-hydrogen) atoms. The molecule has 2 aromatic carbocycles. The first kappa shape index (κ1) is 24.9. The van der Waals surface area contributed by atoms with E-state index >= 15 is 0 Å². The van der Waals surface area contributed by atoms with E-state index in [2.05, 4.69) is 15.5 Å². The fourth-order valence-corrected chi connectivity index (χ4v) is 3.31. The van der Waals surface area contributed by atoms with E-state index in [1.807, 2.05) is 74.5 Å². The number of benzene rings is 2. The van der Waals surface area contributed by atoms with E-state index < -0.39 is 5.91 Å². The number of halogens is 1. The first-order valence-corrected chi connectivity index (χ1v) is 10.3. The molecular formula is C25H28ClN3O3. The van der Waals surface area contributed by atoms with Crippen molar-refractivity contribution in [2.75, 3.05) is 0 Å². The van der Waals surface area contributed by atoms with Gasteiger partial charge in [0.15, 0.2) is 5.43 Å². The van der Waals surface area contributed by atoms with E-state index in [1.165, 1.54) is 6.07 Å². The van der Waals surface area contributed by atoms with Gasteiger partial charge in [-0.1, -0.05) is 60.7 Å². The number of rotatable bonds is 7. The molecule has 7 heteroatoms. The third-order valence-electron chi connectivity index (χ3n) is 4.72. The molecule has 0 bridgehead atoms. The van der Waals surface area contributed by atoms with Gasteiger partial charge in [-0.15, -0.1) is 0 Å². The molecule has 3 rings (SSSR count). The van der Waals surface area contributed by atoms with Crippen LogP contribution in [0.25, 0.3) is 0 Å². The summed E-state index contributed by atoms with van der Waals surface area (Å²) < 4.78 is 0. The minimum absolute atomic E-state index is 0. The summed E-state index contributed by atoms with van der Waals surface area (Å²) >= 11 is 0. The summed E-state index contributed by atoms with van der Waals surface area (Å²) in [4.78, 5) is 34.5. The van der Waals surface area contributed by atoms with Crippen molar-refractivity contribution in [3.05, 3.63) is 105 Å². The van der Waals surface area contributed by atoms with Gasteiger partial charge >= 0.3 is 0 Å². The third-order valence-corrected chi connectivity index (χ3v) is 4.72. The van der Waals surface area contributed by atoms with E-state index in [0.717, 1.165) is 11.1 Å². The summed E-state index contributed by atoms with van der Waals surface area (Å²) in [5.74, 6) is -0.421. The Morgan fingerprint density at radius 2 is 1.53 bits per heavy atom. The van der Waals surface area contributed by atoms with Crippen molar-refractivity contribution in [2.24, 2.45) is 0 Å². The zero-order valence-electron chi connectivity index (χ0n) is 18.6. The van der Waals surface area contributed by atoms with Crippen LogP contribution in [0, 0.1) is 6.92 Å². The lowest BCUT2D eigenvalue weighted by Gasteiger charge is -2.13. The van der Waals surface area contributed by atoms with Crippen molar-refractivity contribution in [3.63, 3.8) is 0 Å². The minimum atomic E-state index is -0.421. The number of hydrogen-bond donors (Lipinski definition) is 3. The molecule has 0 spiro atoms. The highest BCUT2D eigenvalue weighted by Gasteiger charge is 2.24. The summed E-state index contributed by atoms with van der Waals surface area (Å²) in [6.45, 7) is 7.24. The second-order valence-electron chi connectivity index (χ2n) is 7.74. The molecule has 0 unspecified atom stereocenters. The van der Waals surface area contributed by atoms with E-state index in [9.17, 15) is 9.59 Å². The van der Waals surface area contributed by atoms with Crippen LogP contribution in [-0.2, 0) is 4.84 Å². The lowest BCUT2D eigenvalue weighted by atomic mass is 10.0. The van der Waals surface area contributed by atoms with E-state index in [1.54, 1.807) is 13.8 Å². The fraction of sp³-hybridized carbons (Fsp3) is 0.240. The van der Waals surface area contributed by atoms with Crippen LogP contribution in [0.1, 0.15) is 59.7 Å². The number of carbonyl (C=O) groups is 1. The molecule has 1 aromatic heterocycles. The van der Waals surface area contributed by atoms with Crippen LogP contribution in [-0.4, -0.2) is 22.6 Å². The van der Waals surface area contributed by atoms with Gasteiger partial charge in [0.2, 0.25) is 11.8 Å². The standard InChI is InChI=1S/C25H27N3O3.ClH/c1-16(2)26-25(30)22-21(29)15-17(3)27-23(22)18(4)28-31-24(19-11-7-5-8-12-19)20-13-9-6-10-14-20;/h5-16,24H,1-4H3,(H,26,30)(H,27,29);1H. The molecule has 1 heterocycles. The molecule has 0 saturated carbocycles. The van der Waals surface area contributed by atoms with Gasteiger partial charge in [-0.25, -0.2) is 0 Å². The van der Waals surface area contributed by atoms with Crippen molar-refractivity contribution >= 4 is 11.6 Å². The maximum Gasteiger partial charge on any atom is 0.257 e. The predicted molar refractivity (Wildman–Crippen MR) is 121 cm³/mol. The van der Waals surface area contributed by atoms with Crippen molar-refractivity contribution in [2.45, 2.75) is 39.8 Å². The lowest BCUT2D eigenvalue weighted by molar-refractivity contribution is -0.764. The van der Waals surface area contributed by atoms with Gasteiger partial charge in [0, 0.05) is 35.9 Å². The molecule has 168 valence electrons. The largest absolute Gasteiger partial charge is 1.00 e. The average molecular weight is 454 g/mol. The average Bonchev–Trinajstić information content (AvgIpc) is 2.74. The number of aryl methyl sites for hydroxylation is 1. The SMILES string of the molecule is CC(=[NH+]OC(c1ccccc1)c1ccccc1)c1[nH]c(C)cc(=O)c1C(=O)NC(C)C.[Cl-]. The molecule has 3 aromatic rings. The summed E-state index contributed by atoms with van der Waals surface area (Å²) in [5, 5.41) is 5.76. The topological polar surface area (TPSA) is 85.2 Å². The number of amides is 1. The monoisotopic (exact) mass is 453 g/mol. The van der Waals surface area contributed by atoms with Crippen LogP contribution < -0.4 is 28.3 Å². The molecule has 0 aliphatic rings. The van der Waals surface area contributed by atoms with Crippen LogP contribution in [0.5, 0.6) is 0 Å². The van der Waals surface area contributed by atoms with E-state index in [4.69, 9.17) is 4.84 Å². The summed E-state index contributed by atoms with van der Waals surface area (Å²) in [6.07, 6.45) is -0.373. The molecule has 0 aliphatic carbocycles. The van der Waals surface area contributed by atoms with Crippen LogP contribution in [0.3, 0.4) is 0 Å². The van der Waals surface area contributed by atoms with Gasteiger partial charge in [0.1, 0.15) is 11.3 Å². The summed E-state index contributed by atoms with van der Waals surface area (Å²) in [6, 6.07) is 21.0. The Morgan fingerprint density at radius 3 is 2.03 bits per heavy atom. The molecule has 3 N–H and O–H groups in total. The minimum Gasteiger partial charge on any atom is -1.00 e. The first-order valence-electron chi connectivity index (χ1n) is 10.3. The van der Waals surface area contributed by atoms with Gasteiger partial charge in [-0.05, 0) is 25.9 Å². The molecule has 0 fully saturated rings. The Hall–Kier alpha value is -3.38. The quantitative estimate of drug-likeness (QED) is 0.331. The number of hydrogen-bond acceptors (Lipinski definition) is 3. The summed E-state index contributed by atoms with van der Waals surface area (Å²) in [7, 11) is 0. The Labute approximate surface area is 194 Å². The molecule has 6 nitrogen and oxygen atoms in total. The van der Waals surface area contributed by atoms with Gasteiger partial charge in [-0.2, -0.15) is 0 Å². The number of aromatic amines is 1. The molecule has 1 amide bonds. The smallest absolute Gasteiger partial charge is 0.257 e. The lowest BCUT2D eigenvalue weighted by Crippen LogP contribution is -3.00. The van der Waals surface area contributed by atoms with Gasteiger partial charge in [0.25, 0.3) is 5.91 Å². The highest BCUT2D eigenvalue weighted by molar-refractivity contribution is 6.05. The van der Waals surface area contributed by atoms with Gasteiger partial charge in [-0.3, -0.25) is 14.4 Å². The van der Waals surface area contributed by atoms with E-state index in [-0.39, 0.29) is 35.5 Å². The third kappa shape index (κ3) is 6.08. The maximum atomic E-state index is 12.7. The van der Waals surface area contributed by atoms with E-state index in [0.29, 0.717) is 17.1 Å². The number of aromatic nitrogens is 1. The number of H-pyrrole nitrogens is 1. The molecule has 0 aliphatic heterocycles. The van der Waals surface area contributed by atoms with Gasteiger partial charge < -0.3 is 22.7 Å². The number of pyridine rings is 1. The number of nitrogens with one attached hydrogen (secondary N) is 3. The normalized spacial score (nSPS) is 11.2. The van der Waals surface area contributed by atoms with Crippen molar-refractivity contribution < 1.29 is 27.2 Å². The maximum absolute atomic E-state index is 12.7. The molecule has 0 saturated heterocycles. The number of carbonyl (C=O) groups excluding carboxylic acids is 1. The highest BCUT2D eigenvalue weighted by atomic mass is 35.5. The first-order chi connectivity index (χ1) is 14.9. The Morgan fingerprint density at radius 1 is 1.00 bits per heavy atom. The second-order valence-corrected chi connectivity index (χ2v) is 7.74. The molecule has 0 atom stereocenters. The fourth-order valence-electron chi connectivity index (χ4n) is 3.31. The summed E-state index contributed by atoms with van der Waals surface area (Å²) in [5.41, 5.74) is 3.27. The van der Waals surface area contributed by atoms with Crippen LogP contribution in [0.2, 0.25) is 0 Å². The molecule has 0 radical (unpaired) electrons. The van der Waals surface area contributed by atoms with Crippen LogP contribution in [0.15, 0.2) is 71.5 Å². The zero-order valence-corrected chi connectivity index (χ0v) is 19.4. The highest BCUT2D eigenvalue weighted by Crippen LogP contribution is 2.23. The molecular weight excluding hydrogens is 426 g/mol. The second kappa shape index (κ2) is 11.3. The zero-order chi connectivity index (χ0) is 22.4.